The molecule has 19 heavy (non-hydrogen) atoms. The summed E-state index contributed by atoms with van der Waals surface area (Å²) in [5.41, 5.74) is 0. The fourth-order valence-corrected chi connectivity index (χ4v) is 2.84. The third kappa shape index (κ3) is 4.44. The maximum absolute atomic E-state index is 11.9. The standard InChI is InChI=1S/C14H26N2O3/c1-2-13(11-9-12(17)10-11)15-14(18)5-7-16-6-3-4-8-19-16/h11-13,17H,2-10H2,1H3,(H,15,18)/t11?,12?,13-/m1/s1. The lowest BCUT2D eigenvalue weighted by Crippen LogP contribution is -2.47. The van der Waals surface area contributed by atoms with E-state index in [1.54, 1.807) is 0 Å². The summed E-state index contributed by atoms with van der Waals surface area (Å²) in [7, 11) is 0. The molecule has 0 radical (unpaired) electrons. The third-order valence-corrected chi connectivity index (χ3v) is 4.17. The fourth-order valence-electron chi connectivity index (χ4n) is 2.84. The molecule has 1 aliphatic carbocycles. The second-order valence-electron chi connectivity index (χ2n) is 5.69. The highest BCUT2D eigenvalue weighted by atomic mass is 16.7. The Hall–Kier alpha value is -0.650. The summed E-state index contributed by atoms with van der Waals surface area (Å²) >= 11 is 0. The third-order valence-electron chi connectivity index (χ3n) is 4.17. The number of carbonyl (C=O) groups is 1. The van der Waals surface area contributed by atoms with E-state index in [1.165, 1.54) is 0 Å². The van der Waals surface area contributed by atoms with Crippen LogP contribution in [0.2, 0.25) is 0 Å². The summed E-state index contributed by atoms with van der Waals surface area (Å²) in [4.78, 5) is 17.4. The maximum atomic E-state index is 11.9. The molecule has 2 rings (SSSR count). The SMILES string of the molecule is CC[C@@H](NC(=O)CCN1CCCCO1)C1CC(O)C1. The van der Waals surface area contributed by atoms with Crippen LogP contribution in [0.3, 0.4) is 0 Å². The number of nitrogens with one attached hydrogen (secondary N) is 1. The van der Waals surface area contributed by atoms with E-state index in [4.69, 9.17) is 4.84 Å². The van der Waals surface area contributed by atoms with Gasteiger partial charge in [0, 0.05) is 25.6 Å². The average Bonchev–Trinajstić information content (AvgIpc) is 2.40. The van der Waals surface area contributed by atoms with Crippen molar-refractivity contribution in [1.82, 2.24) is 10.4 Å². The number of aliphatic hydroxyl groups is 1. The van der Waals surface area contributed by atoms with Crippen LogP contribution >= 0.6 is 0 Å². The Bertz CT molecular complexity index is 286. The molecule has 1 atom stereocenters. The molecule has 0 aromatic carbocycles. The van der Waals surface area contributed by atoms with Gasteiger partial charge >= 0.3 is 0 Å². The molecule has 0 aromatic rings. The Labute approximate surface area is 115 Å². The van der Waals surface area contributed by atoms with Crippen LogP contribution in [-0.4, -0.2) is 47.9 Å². The van der Waals surface area contributed by atoms with Gasteiger partial charge < -0.3 is 10.4 Å². The number of hydrogen-bond donors (Lipinski definition) is 2. The summed E-state index contributed by atoms with van der Waals surface area (Å²) in [6, 6.07) is 0.221. The minimum atomic E-state index is -0.155. The fraction of sp³-hybridized carbons (Fsp3) is 0.929. The Kier molecular flexibility index (Phi) is 5.60. The molecule has 2 N–H and O–H groups in total. The van der Waals surface area contributed by atoms with Gasteiger partial charge in [0.1, 0.15) is 0 Å². The second kappa shape index (κ2) is 7.22. The van der Waals surface area contributed by atoms with Gasteiger partial charge in [0.05, 0.1) is 12.7 Å². The van der Waals surface area contributed by atoms with Gasteiger partial charge in [-0.15, -0.1) is 0 Å². The van der Waals surface area contributed by atoms with Crippen LogP contribution in [0.25, 0.3) is 0 Å². The molecule has 1 heterocycles. The molecule has 0 aromatic heterocycles. The molecule has 5 heteroatoms. The van der Waals surface area contributed by atoms with Crippen molar-refractivity contribution in [2.24, 2.45) is 5.92 Å². The zero-order chi connectivity index (χ0) is 13.7. The number of nitrogens with zero attached hydrogens (tertiary/aromatic N) is 1. The zero-order valence-electron chi connectivity index (χ0n) is 11.8. The van der Waals surface area contributed by atoms with Gasteiger partial charge in [-0.25, -0.2) is 0 Å². The minimum Gasteiger partial charge on any atom is -0.393 e. The van der Waals surface area contributed by atoms with Crippen LogP contribution in [0.1, 0.15) is 45.4 Å². The van der Waals surface area contributed by atoms with Crippen molar-refractivity contribution < 1.29 is 14.7 Å². The number of aliphatic hydroxyl groups excluding tert-OH is 1. The highest BCUT2D eigenvalue weighted by Crippen LogP contribution is 2.31. The first-order valence-corrected chi connectivity index (χ1v) is 7.54. The second-order valence-corrected chi connectivity index (χ2v) is 5.69. The van der Waals surface area contributed by atoms with E-state index in [-0.39, 0.29) is 18.1 Å². The smallest absolute Gasteiger partial charge is 0.221 e. The number of amides is 1. The number of hydroxylamine groups is 2. The first-order valence-electron chi connectivity index (χ1n) is 7.54. The first kappa shape index (κ1) is 14.8. The summed E-state index contributed by atoms with van der Waals surface area (Å²) < 4.78 is 0. The number of rotatable bonds is 6. The lowest BCUT2D eigenvalue weighted by molar-refractivity contribution is -0.181. The highest BCUT2D eigenvalue weighted by Gasteiger charge is 2.33. The summed E-state index contributed by atoms with van der Waals surface area (Å²) in [5, 5.41) is 14.3. The summed E-state index contributed by atoms with van der Waals surface area (Å²) in [6.07, 6.45) is 5.19. The Morgan fingerprint density at radius 3 is 2.84 bits per heavy atom. The van der Waals surface area contributed by atoms with Gasteiger partial charge in [-0.1, -0.05) is 6.92 Å². The van der Waals surface area contributed by atoms with Crippen molar-refractivity contribution in [3.63, 3.8) is 0 Å². The monoisotopic (exact) mass is 270 g/mol. The molecule has 2 aliphatic rings. The number of hydrogen-bond acceptors (Lipinski definition) is 4. The molecule has 2 fully saturated rings. The molecule has 0 unspecified atom stereocenters. The van der Waals surface area contributed by atoms with Crippen LogP contribution in [-0.2, 0) is 9.63 Å². The topological polar surface area (TPSA) is 61.8 Å². The largest absolute Gasteiger partial charge is 0.393 e. The van der Waals surface area contributed by atoms with E-state index in [9.17, 15) is 9.90 Å². The van der Waals surface area contributed by atoms with E-state index < -0.39 is 0 Å². The predicted molar refractivity (Wildman–Crippen MR) is 72.3 cm³/mol. The predicted octanol–water partition coefficient (Wildman–Crippen LogP) is 1.07. The van der Waals surface area contributed by atoms with Gasteiger partial charge in [-0.3, -0.25) is 9.63 Å². The minimum absolute atomic E-state index is 0.0995. The van der Waals surface area contributed by atoms with Gasteiger partial charge in [0.25, 0.3) is 0 Å². The van der Waals surface area contributed by atoms with Gasteiger partial charge in [-0.2, -0.15) is 5.06 Å². The van der Waals surface area contributed by atoms with Crippen LogP contribution in [0.5, 0.6) is 0 Å². The highest BCUT2D eigenvalue weighted by molar-refractivity contribution is 5.76. The van der Waals surface area contributed by atoms with E-state index >= 15 is 0 Å². The van der Waals surface area contributed by atoms with Gasteiger partial charge in [-0.05, 0) is 38.0 Å². The summed E-state index contributed by atoms with van der Waals surface area (Å²) in [5.74, 6) is 0.553. The van der Waals surface area contributed by atoms with E-state index in [0.717, 1.165) is 45.3 Å². The lowest BCUT2D eigenvalue weighted by atomic mass is 9.76. The number of carbonyl (C=O) groups excluding carboxylic acids is 1. The van der Waals surface area contributed by atoms with Crippen molar-refractivity contribution in [2.45, 2.75) is 57.6 Å². The maximum Gasteiger partial charge on any atom is 0.221 e. The van der Waals surface area contributed by atoms with Crippen molar-refractivity contribution in [3.05, 3.63) is 0 Å². The van der Waals surface area contributed by atoms with Crippen LogP contribution in [0, 0.1) is 5.92 Å². The Morgan fingerprint density at radius 2 is 2.26 bits per heavy atom. The molecule has 1 saturated carbocycles. The van der Waals surface area contributed by atoms with Crippen LogP contribution < -0.4 is 5.32 Å². The molecule has 5 nitrogen and oxygen atoms in total. The molecule has 1 aliphatic heterocycles. The molecule has 0 bridgehead atoms. The molecule has 0 spiro atoms. The van der Waals surface area contributed by atoms with Gasteiger partial charge in [0.15, 0.2) is 0 Å². The molecule has 110 valence electrons. The van der Waals surface area contributed by atoms with E-state index in [1.807, 2.05) is 5.06 Å². The lowest BCUT2D eigenvalue weighted by Gasteiger charge is -2.37. The molecular formula is C14H26N2O3. The summed E-state index contributed by atoms with van der Waals surface area (Å²) in [6.45, 7) is 4.47. The van der Waals surface area contributed by atoms with Crippen LogP contribution in [0.15, 0.2) is 0 Å². The molecule has 1 amide bonds. The zero-order valence-corrected chi connectivity index (χ0v) is 11.8. The van der Waals surface area contributed by atoms with Crippen molar-refractivity contribution in [3.8, 4) is 0 Å². The van der Waals surface area contributed by atoms with Crippen molar-refractivity contribution in [2.75, 3.05) is 19.7 Å². The normalized spacial score (nSPS) is 29.6. The molecular weight excluding hydrogens is 244 g/mol. The van der Waals surface area contributed by atoms with Crippen molar-refractivity contribution in [1.29, 1.82) is 0 Å². The van der Waals surface area contributed by atoms with E-state index in [2.05, 4.69) is 12.2 Å². The first-order chi connectivity index (χ1) is 9.19. The Balaban J connectivity index is 1.64. The van der Waals surface area contributed by atoms with Crippen molar-refractivity contribution >= 4 is 5.91 Å². The molecule has 1 saturated heterocycles. The average molecular weight is 270 g/mol. The van der Waals surface area contributed by atoms with E-state index in [0.29, 0.717) is 18.9 Å². The van der Waals surface area contributed by atoms with Gasteiger partial charge in [0.2, 0.25) is 5.91 Å². The Morgan fingerprint density at radius 1 is 1.47 bits per heavy atom. The van der Waals surface area contributed by atoms with Crippen LogP contribution in [0.4, 0.5) is 0 Å². The quantitative estimate of drug-likeness (QED) is 0.758.